The summed E-state index contributed by atoms with van der Waals surface area (Å²) in [6.45, 7) is 6.72. The average molecular weight is 353 g/mol. The van der Waals surface area contributed by atoms with Crippen LogP contribution in [0.5, 0.6) is 0 Å². The molecule has 1 aliphatic heterocycles. The standard InChI is InChI=1S/C17H27N3O3S/c1-3-16(4-2)17(21)18-24(22,23)20-12-10-19(11-13-20)14-15-8-6-5-7-9-15/h5-9,16H,3-4,10-14H2,1-2H3,(H,18,21). The highest BCUT2D eigenvalue weighted by molar-refractivity contribution is 7.87. The molecule has 0 unspecified atom stereocenters. The molecule has 24 heavy (non-hydrogen) atoms. The van der Waals surface area contributed by atoms with Crippen molar-refractivity contribution in [2.45, 2.75) is 33.2 Å². The number of piperazine rings is 1. The molecule has 0 spiro atoms. The topological polar surface area (TPSA) is 69.7 Å². The lowest BCUT2D eigenvalue weighted by Crippen LogP contribution is -2.53. The number of carbonyl (C=O) groups is 1. The molecular formula is C17H27N3O3S. The number of amides is 1. The van der Waals surface area contributed by atoms with Gasteiger partial charge in [0.25, 0.3) is 0 Å². The average Bonchev–Trinajstić information content (AvgIpc) is 2.57. The van der Waals surface area contributed by atoms with E-state index in [1.54, 1.807) is 0 Å². The van der Waals surface area contributed by atoms with Crippen LogP contribution in [0.1, 0.15) is 32.3 Å². The molecule has 0 bridgehead atoms. The third-order valence-electron chi connectivity index (χ3n) is 4.51. The van der Waals surface area contributed by atoms with Gasteiger partial charge in [-0.3, -0.25) is 9.69 Å². The molecule has 1 saturated heterocycles. The highest BCUT2D eigenvalue weighted by Crippen LogP contribution is 2.12. The summed E-state index contributed by atoms with van der Waals surface area (Å²) in [5, 5.41) is 0. The van der Waals surface area contributed by atoms with Crippen molar-refractivity contribution in [3.8, 4) is 0 Å². The van der Waals surface area contributed by atoms with Crippen LogP contribution in [0.3, 0.4) is 0 Å². The van der Waals surface area contributed by atoms with Gasteiger partial charge in [0.2, 0.25) is 5.91 Å². The molecule has 0 atom stereocenters. The van der Waals surface area contributed by atoms with E-state index in [0.717, 1.165) is 6.54 Å². The smallest absolute Gasteiger partial charge is 0.296 e. The number of hydrogen-bond acceptors (Lipinski definition) is 4. The largest absolute Gasteiger partial charge is 0.303 e. The molecule has 0 saturated carbocycles. The molecule has 1 heterocycles. The van der Waals surface area contributed by atoms with E-state index < -0.39 is 16.1 Å². The number of benzene rings is 1. The Balaban J connectivity index is 1.87. The highest BCUT2D eigenvalue weighted by atomic mass is 32.2. The molecule has 1 aliphatic rings. The second-order valence-corrected chi connectivity index (χ2v) is 7.82. The van der Waals surface area contributed by atoms with Crippen molar-refractivity contribution in [1.29, 1.82) is 0 Å². The van der Waals surface area contributed by atoms with Gasteiger partial charge in [0, 0.05) is 38.6 Å². The zero-order chi connectivity index (χ0) is 17.6. The van der Waals surface area contributed by atoms with Crippen molar-refractivity contribution in [2.75, 3.05) is 26.2 Å². The molecule has 2 rings (SSSR count). The van der Waals surface area contributed by atoms with Crippen LogP contribution in [-0.2, 0) is 21.5 Å². The van der Waals surface area contributed by atoms with Gasteiger partial charge < -0.3 is 0 Å². The van der Waals surface area contributed by atoms with Gasteiger partial charge in [-0.15, -0.1) is 0 Å². The molecule has 1 fully saturated rings. The molecule has 134 valence electrons. The van der Waals surface area contributed by atoms with E-state index in [-0.39, 0.29) is 5.92 Å². The second-order valence-electron chi connectivity index (χ2n) is 6.15. The molecule has 1 aromatic rings. The van der Waals surface area contributed by atoms with Crippen LogP contribution in [0.4, 0.5) is 0 Å². The van der Waals surface area contributed by atoms with Gasteiger partial charge in [-0.1, -0.05) is 44.2 Å². The Morgan fingerprint density at radius 2 is 1.67 bits per heavy atom. The molecular weight excluding hydrogens is 326 g/mol. The van der Waals surface area contributed by atoms with Gasteiger partial charge >= 0.3 is 10.2 Å². The van der Waals surface area contributed by atoms with Crippen molar-refractivity contribution in [3.63, 3.8) is 0 Å². The first-order valence-corrected chi connectivity index (χ1v) is 9.98. The Hall–Kier alpha value is -1.44. The van der Waals surface area contributed by atoms with Gasteiger partial charge in [-0.05, 0) is 18.4 Å². The van der Waals surface area contributed by atoms with Crippen molar-refractivity contribution in [2.24, 2.45) is 5.92 Å². The van der Waals surface area contributed by atoms with Crippen LogP contribution in [0.2, 0.25) is 0 Å². The maximum Gasteiger partial charge on any atom is 0.303 e. The number of rotatable bonds is 7. The van der Waals surface area contributed by atoms with Gasteiger partial charge in [0.15, 0.2) is 0 Å². The summed E-state index contributed by atoms with van der Waals surface area (Å²) in [5.41, 5.74) is 1.22. The molecule has 1 N–H and O–H groups in total. The van der Waals surface area contributed by atoms with E-state index in [1.807, 2.05) is 32.0 Å². The lowest BCUT2D eigenvalue weighted by atomic mass is 10.0. The predicted molar refractivity (Wildman–Crippen MR) is 94.4 cm³/mol. The molecule has 1 aromatic carbocycles. The first-order valence-electron chi connectivity index (χ1n) is 8.54. The van der Waals surface area contributed by atoms with E-state index in [9.17, 15) is 13.2 Å². The number of hydrogen-bond donors (Lipinski definition) is 1. The van der Waals surface area contributed by atoms with E-state index in [2.05, 4.69) is 21.8 Å². The molecule has 6 nitrogen and oxygen atoms in total. The van der Waals surface area contributed by atoms with E-state index in [0.29, 0.717) is 39.0 Å². The fraction of sp³-hybridized carbons (Fsp3) is 0.588. The first-order chi connectivity index (χ1) is 11.5. The van der Waals surface area contributed by atoms with Crippen LogP contribution in [0, 0.1) is 5.92 Å². The minimum Gasteiger partial charge on any atom is -0.296 e. The van der Waals surface area contributed by atoms with Gasteiger partial charge in [-0.2, -0.15) is 12.7 Å². The normalized spacial score (nSPS) is 17.1. The summed E-state index contributed by atoms with van der Waals surface area (Å²) in [7, 11) is -3.74. The predicted octanol–water partition coefficient (Wildman–Crippen LogP) is 1.60. The Morgan fingerprint density at radius 1 is 1.08 bits per heavy atom. The number of nitrogens with one attached hydrogen (secondary N) is 1. The highest BCUT2D eigenvalue weighted by Gasteiger charge is 2.29. The van der Waals surface area contributed by atoms with Crippen molar-refractivity contribution in [1.82, 2.24) is 13.9 Å². The lowest BCUT2D eigenvalue weighted by Gasteiger charge is -2.34. The summed E-state index contributed by atoms with van der Waals surface area (Å²) in [4.78, 5) is 14.3. The minimum absolute atomic E-state index is 0.251. The Labute approximate surface area is 145 Å². The maximum absolute atomic E-state index is 12.4. The lowest BCUT2D eigenvalue weighted by molar-refractivity contribution is -0.123. The van der Waals surface area contributed by atoms with Crippen molar-refractivity contribution >= 4 is 16.1 Å². The molecule has 0 aromatic heterocycles. The quantitative estimate of drug-likeness (QED) is 0.808. The van der Waals surface area contributed by atoms with Gasteiger partial charge in [0.05, 0.1) is 0 Å². The van der Waals surface area contributed by atoms with E-state index >= 15 is 0 Å². The fourth-order valence-corrected chi connectivity index (χ4v) is 4.10. The third-order valence-corrected chi connectivity index (χ3v) is 6.01. The Morgan fingerprint density at radius 3 is 2.21 bits per heavy atom. The van der Waals surface area contributed by atoms with Crippen LogP contribution >= 0.6 is 0 Å². The molecule has 0 radical (unpaired) electrons. The molecule has 1 amide bonds. The van der Waals surface area contributed by atoms with E-state index in [1.165, 1.54) is 9.87 Å². The Bertz CT molecular complexity index is 622. The number of nitrogens with zero attached hydrogens (tertiary/aromatic N) is 2. The van der Waals surface area contributed by atoms with Crippen LogP contribution in [0.25, 0.3) is 0 Å². The summed E-state index contributed by atoms with van der Waals surface area (Å²) >= 11 is 0. The third kappa shape index (κ3) is 5.03. The molecule has 0 aliphatic carbocycles. The van der Waals surface area contributed by atoms with Crippen LogP contribution in [-0.4, -0.2) is 49.7 Å². The Kier molecular flexibility index (Phi) is 6.77. The van der Waals surface area contributed by atoms with E-state index in [4.69, 9.17) is 0 Å². The van der Waals surface area contributed by atoms with Gasteiger partial charge in [-0.25, -0.2) is 4.72 Å². The number of carbonyl (C=O) groups excluding carboxylic acids is 1. The van der Waals surface area contributed by atoms with Crippen molar-refractivity contribution in [3.05, 3.63) is 35.9 Å². The zero-order valence-corrected chi connectivity index (χ0v) is 15.3. The summed E-state index contributed by atoms with van der Waals surface area (Å²) in [5.74, 6) is -0.647. The first kappa shape index (κ1) is 18.9. The van der Waals surface area contributed by atoms with Crippen LogP contribution < -0.4 is 4.72 Å². The fourth-order valence-electron chi connectivity index (χ4n) is 2.90. The monoisotopic (exact) mass is 353 g/mol. The summed E-state index contributed by atoms with van der Waals surface area (Å²) in [6.07, 6.45) is 1.28. The summed E-state index contributed by atoms with van der Waals surface area (Å²) < 4.78 is 28.3. The van der Waals surface area contributed by atoms with Gasteiger partial charge in [0.1, 0.15) is 0 Å². The second kappa shape index (κ2) is 8.60. The van der Waals surface area contributed by atoms with Crippen molar-refractivity contribution < 1.29 is 13.2 Å². The zero-order valence-electron chi connectivity index (χ0n) is 14.4. The SMILES string of the molecule is CCC(CC)C(=O)NS(=O)(=O)N1CCN(Cc2ccccc2)CC1. The minimum atomic E-state index is -3.74. The molecule has 7 heteroatoms. The summed E-state index contributed by atoms with van der Waals surface area (Å²) in [6, 6.07) is 10.1. The maximum atomic E-state index is 12.4. The van der Waals surface area contributed by atoms with Crippen LogP contribution in [0.15, 0.2) is 30.3 Å².